The van der Waals surface area contributed by atoms with Crippen molar-refractivity contribution in [2.24, 2.45) is 0 Å². The predicted molar refractivity (Wildman–Crippen MR) is 122 cm³/mol. The largest absolute Gasteiger partial charge is 0.422 e. The summed E-state index contributed by atoms with van der Waals surface area (Å²) in [6.45, 7) is 7.66. The third kappa shape index (κ3) is 5.11. The third-order valence-electron chi connectivity index (χ3n) is 4.56. The first kappa shape index (κ1) is 23.8. The van der Waals surface area contributed by atoms with E-state index >= 15 is 0 Å². The molecule has 1 N–H and O–H groups in total. The monoisotopic (exact) mass is 477 g/mol. The van der Waals surface area contributed by atoms with Gasteiger partial charge in [0.25, 0.3) is 5.91 Å². The smallest absolute Gasteiger partial charge is 0.366 e. The molecule has 32 heavy (non-hydrogen) atoms. The highest BCUT2D eigenvalue weighted by molar-refractivity contribution is 6.37. The van der Waals surface area contributed by atoms with E-state index in [0.29, 0.717) is 17.3 Å². The van der Waals surface area contributed by atoms with Crippen LogP contribution in [0.2, 0.25) is 10.0 Å². The number of carbonyl (C=O) groups excluding carboxylic acids is 2. The lowest BCUT2D eigenvalue weighted by atomic mass is 10.1. The molecule has 0 radical (unpaired) electrons. The SMILES string of the molecule is CCc1nc(C(=O)Oc2ccc(F)cc2)c(NC(=O)c2ccc(Cl)cc2Cl)n1C(C)(C)C. The first-order valence-corrected chi connectivity index (χ1v) is 10.6. The molecular formula is C23H22Cl2FN3O3. The summed E-state index contributed by atoms with van der Waals surface area (Å²) in [5.74, 6) is -0.860. The molecule has 9 heteroatoms. The van der Waals surface area contributed by atoms with E-state index in [0.717, 1.165) is 0 Å². The number of hydrogen-bond acceptors (Lipinski definition) is 4. The van der Waals surface area contributed by atoms with Gasteiger partial charge in [0.05, 0.1) is 10.6 Å². The van der Waals surface area contributed by atoms with Crippen molar-refractivity contribution in [3.8, 4) is 5.75 Å². The number of aryl methyl sites for hydroxylation is 1. The molecule has 0 spiro atoms. The van der Waals surface area contributed by atoms with E-state index in [9.17, 15) is 14.0 Å². The molecule has 6 nitrogen and oxygen atoms in total. The molecule has 0 aliphatic carbocycles. The molecule has 2 aromatic carbocycles. The molecule has 3 rings (SSSR count). The van der Waals surface area contributed by atoms with E-state index < -0.39 is 23.2 Å². The number of halogens is 3. The first-order valence-electron chi connectivity index (χ1n) is 9.87. The minimum absolute atomic E-state index is 0.0699. The van der Waals surface area contributed by atoms with Crippen LogP contribution in [0, 0.1) is 5.82 Å². The molecular weight excluding hydrogens is 456 g/mol. The van der Waals surface area contributed by atoms with Crippen LogP contribution in [0.1, 0.15) is 54.4 Å². The highest BCUT2D eigenvalue weighted by atomic mass is 35.5. The number of nitrogens with one attached hydrogen (secondary N) is 1. The Balaban J connectivity index is 2.05. The number of imidazole rings is 1. The van der Waals surface area contributed by atoms with Gasteiger partial charge in [0.1, 0.15) is 23.2 Å². The Morgan fingerprint density at radius 2 is 1.78 bits per heavy atom. The van der Waals surface area contributed by atoms with Gasteiger partial charge in [-0.2, -0.15) is 0 Å². The van der Waals surface area contributed by atoms with Gasteiger partial charge < -0.3 is 14.6 Å². The summed E-state index contributed by atoms with van der Waals surface area (Å²) in [5, 5.41) is 3.33. The minimum atomic E-state index is -0.785. The number of hydrogen-bond donors (Lipinski definition) is 1. The van der Waals surface area contributed by atoms with E-state index in [-0.39, 0.29) is 27.8 Å². The molecule has 0 aliphatic heterocycles. The predicted octanol–water partition coefficient (Wildman–Crippen LogP) is 6.12. The van der Waals surface area contributed by atoms with Crippen LogP contribution >= 0.6 is 23.2 Å². The molecule has 1 heterocycles. The van der Waals surface area contributed by atoms with Gasteiger partial charge in [-0.05, 0) is 63.2 Å². The van der Waals surface area contributed by atoms with Crippen molar-refractivity contribution < 1.29 is 18.7 Å². The fourth-order valence-corrected chi connectivity index (χ4v) is 3.68. The zero-order chi connectivity index (χ0) is 23.6. The summed E-state index contributed by atoms with van der Waals surface area (Å²) in [6.07, 6.45) is 0.506. The molecule has 0 aliphatic rings. The number of benzene rings is 2. The number of amides is 1. The number of anilines is 1. The number of ether oxygens (including phenoxy) is 1. The van der Waals surface area contributed by atoms with Gasteiger partial charge >= 0.3 is 5.97 Å². The second kappa shape index (κ2) is 9.30. The van der Waals surface area contributed by atoms with E-state index in [2.05, 4.69) is 10.3 Å². The number of aromatic nitrogens is 2. The van der Waals surface area contributed by atoms with Crippen molar-refractivity contribution >= 4 is 40.9 Å². The Bertz CT molecular complexity index is 1170. The average molecular weight is 478 g/mol. The molecule has 0 atom stereocenters. The van der Waals surface area contributed by atoms with E-state index in [1.807, 2.05) is 27.7 Å². The normalized spacial score (nSPS) is 11.3. The minimum Gasteiger partial charge on any atom is -0.422 e. The fraction of sp³-hybridized carbons (Fsp3) is 0.261. The Hall–Kier alpha value is -2.90. The fourth-order valence-electron chi connectivity index (χ4n) is 3.19. The molecule has 0 saturated carbocycles. The van der Waals surface area contributed by atoms with Gasteiger partial charge in [0.2, 0.25) is 0 Å². The van der Waals surface area contributed by atoms with Gasteiger partial charge in [-0.1, -0.05) is 30.1 Å². The van der Waals surface area contributed by atoms with Crippen LogP contribution in [0.5, 0.6) is 5.75 Å². The second-order valence-electron chi connectivity index (χ2n) is 8.01. The van der Waals surface area contributed by atoms with Crippen molar-refractivity contribution in [1.82, 2.24) is 9.55 Å². The number of esters is 1. The van der Waals surface area contributed by atoms with E-state index in [1.165, 1.54) is 36.4 Å². The van der Waals surface area contributed by atoms with Crippen LogP contribution in [0.25, 0.3) is 0 Å². The molecule has 1 amide bonds. The van der Waals surface area contributed by atoms with Gasteiger partial charge in [0, 0.05) is 17.0 Å². The average Bonchev–Trinajstić information content (AvgIpc) is 3.08. The van der Waals surface area contributed by atoms with Crippen LogP contribution in [0.4, 0.5) is 10.2 Å². The van der Waals surface area contributed by atoms with Crippen LogP contribution in [0.15, 0.2) is 42.5 Å². The molecule has 0 saturated heterocycles. The van der Waals surface area contributed by atoms with Crippen molar-refractivity contribution in [3.63, 3.8) is 0 Å². The molecule has 168 valence electrons. The Morgan fingerprint density at radius 1 is 1.12 bits per heavy atom. The van der Waals surface area contributed by atoms with Gasteiger partial charge in [-0.25, -0.2) is 14.2 Å². The molecule has 3 aromatic rings. The maximum Gasteiger partial charge on any atom is 0.366 e. The summed E-state index contributed by atoms with van der Waals surface area (Å²) < 4.78 is 20.3. The lowest BCUT2D eigenvalue weighted by Gasteiger charge is -2.26. The van der Waals surface area contributed by atoms with Crippen LogP contribution in [0.3, 0.4) is 0 Å². The van der Waals surface area contributed by atoms with Crippen molar-refractivity contribution in [3.05, 3.63) is 75.4 Å². The highest BCUT2D eigenvalue weighted by Gasteiger charge is 2.30. The maximum atomic E-state index is 13.2. The standard InChI is InChI=1S/C23H22Cl2FN3O3/c1-5-18-27-19(22(31)32-15-9-7-14(26)8-10-15)20(29(18)23(2,3)4)28-21(30)16-11-6-13(24)12-17(16)25/h6-12H,5H2,1-4H3,(H,28,30). The number of nitrogens with zero attached hydrogens (tertiary/aromatic N) is 2. The van der Waals surface area contributed by atoms with Crippen molar-refractivity contribution in [1.29, 1.82) is 0 Å². The van der Waals surface area contributed by atoms with Crippen molar-refractivity contribution in [2.45, 2.75) is 39.7 Å². The number of carbonyl (C=O) groups is 2. The van der Waals surface area contributed by atoms with Gasteiger partial charge in [-0.15, -0.1) is 0 Å². The second-order valence-corrected chi connectivity index (χ2v) is 8.85. The van der Waals surface area contributed by atoms with Crippen LogP contribution in [-0.4, -0.2) is 21.4 Å². The topological polar surface area (TPSA) is 73.2 Å². The molecule has 0 bridgehead atoms. The third-order valence-corrected chi connectivity index (χ3v) is 5.11. The molecule has 0 fully saturated rings. The Labute approximate surface area is 195 Å². The summed E-state index contributed by atoms with van der Waals surface area (Å²) in [7, 11) is 0. The zero-order valence-electron chi connectivity index (χ0n) is 18.0. The Morgan fingerprint density at radius 3 is 2.34 bits per heavy atom. The van der Waals surface area contributed by atoms with Gasteiger partial charge in [0.15, 0.2) is 5.69 Å². The lowest BCUT2D eigenvalue weighted by Crippen LogP contribution is -2.28. The Kier molecular flexibility index (Phi) is 6.91. The lowest BCUT2D eigenvalue weighted by molar-refractivity contribution is 0.0730. The van der Waals surface area contributed by atoms with E-state index in [4.69, 9.17) is 27.9 Å². The molecule has 1 aromatic heterocycles. The van der Waals surface area contributed by atoms with Gasteiger partial charge in [-0.3, -0.25) is 4.79 Å². The highest BCUT2D eigenvalue weighted by Crippen LogP contribution is 2.30. The number of rotatable bonds is 5. The van der Waals surface area contributed by atoms with Crippen LogP contribution in [-0.2, 0) is 12.0 Å². The summed E-state index contributed by atoms with van der Waals surface area (Å²) in [4.78, 5) is 30.4. The molecule has 0 unspecified atom stereocenters. The quantitative estimate of drug-likeness (QED) is 0.354. The van der Waals surface area contributed by atoms with E-state index in [1.54, 1.807) is 10.6 Å². The first-order chi connectivity index (χ1) is 15.0. The van der Waals surface area contributed by atoms with Crippen molar-refractivity contribution in [2.75, 3.05) is 5.32 Å². The summed E-state index contributed by atoms with van der Waals surface area (Å²) >= 11 is 12.1. The maximum absolute atomic E-state index is 13.2. The van der Waals surface area contributed by atoms with Crippen LogP contribution < -0.4 is 10.1 Å². The zero-order valence-corrected chi connectivity index (χ0v) is 19.5. The summed E-state index contributed by atoms with van der Waals surface area (Å²) in [6, 6.07) is 9.53. The summed E-state index contributed by atoms with van der Waals surface area (Å²) in [5.41, 5.74) is -0.396.